The van der Waals surface area contributed by atoms with E-state index in [-0.39, 0.29) is 56.0 Å². The number of carbonyl (C=O) groups excluding carboxylic acids is 5. The molecule has 2 aliphatic heterocycles. The van der Waals surface area contributed by atoms with E-state index in [4.69, 9.17) is 81.9 Å². The van der Waals surface area contributed by atoms with E-state index in [1.54, 1.807) is 6.92 Å². The molecule has 0 aromatic carbocycles. The summed E-state index contributed by atoms with van der Waals surface area (Å²) >= 11 is 16.2. The maximum absolute atomic E-state index is 12.1. The van der Waals surface area contributed by atoms with E-state index in [0.29, 0.717) is 87.8 Å². The highest BCUT2D eigenvalue weighted by atomic mass is 32.2. The molecule has 0 saturated carbocycles. The predicted octanol–water partition coefficient (Wildman–Crippen LogP) is 4.27. The van der Waals surface area contributed by atoms with Crippen LogP contribution in [0.1, 0.15) is 144 Å². The minimum Gasteiger partial charge on any atom is -0.481 e. The molecule has 3 amide bonds. The summed E-state index contributed by atoms with van der Waals surface area (Å²) in [4.78, 5) is 74.9. The second kappa shape index (κ2) is 49.9. The van der Waals surface area contributed by atoms with E-state index in [1.165, 1.54) is 60.9 Å². The highest BCUT2D eigenvalue weighted by molar-refractivity contribution is 8.48. The summed E-state index contributed by atoms with van der Waals surface area (Å²) in [6.07, 6.45) is -0.433. The van der Waals surface area contributed by atoms with Gasteiger partial charge in [0.15, 0.2) is 12.6 Å². The van der Waals surface area contributed by atoms with E-state index in [0.717, 1.165) is 53.6 Å². The van der Waals surface area contributed by atoms with Gasteiger partial charge in [0.2, 0.25) is 17.7 Å². The van der Waals surface area contributed by atoms with Crippen LogP contribution in [0.15, 0.2) is 0 Å². The third kappa shape index (κ3) is 39.3. The van der Waals surface area contributed by atoms with Crippen molar-refractivity contribution < 1.29 is 92.9 Å². The number of ketones is 2. The van der Waals surface area contributed by atoms with Gasteiger partial charge in [-0.1, -0.05) is 51.1 Å². The first-order chi connectivity index (χ1) is 41.3. The molecule has 2 saturated heterocycles. The molecule has 2 rings (SSSR count). The minimum absolute atomic E-state index is 0.0236. The number of aliphatic hydroxyl groups is 6. The SMILES string of the molecule is CC(=O)N[C@@H]1[C@H](OCCCCCN)O[C@H](CO)[C@H](O)[C@@H]1O.[C-]#[N+]C(C)(CCC(=O)CCCOCCC(=O)O)SC(=S)SCC.[C-]#[N+]C(C)(CCC(=O)NCCOCCC(=O)CCCCCCO[C@@H]1O[C@H](CO)[C@H](O)[C@H](O)[C@@H]1NC(C)=O)SC(=S)SCC. The second-order valence-electron chi connectivity index (χ2n) is 20.4. The summed E-state index contributed by atoms with van der Waals surface area (Å²) in [6, 6.07) is -1.84. The third-order valence-electron chi connectivity index (χ3n) is 12.8. The minimum atomic E-state index is -1.35. The van der Waals surface area contributed by atoms with Crippen molar-refractivity contribution in [2.75, 3.05) is 77.5 Å². The Hall–Kier alpha value is -2.74. The molecule has 2 fully saturated rings. The molecule has 12 N–H and O–H groups in total. The highest BCUT2D eigenvalue weighted by Gasteiger charge is 2.46. The van der Waals surface area contributed by atoms with Crippen LogP contribution in [0.25, 0.3) is 9.69 Å². The number of aliphatic hydroxyl groups excluding tert-OH is 6. The van der Waals surface area contributed by atoms with Crippen molar-refractivity contribution in [2.45, 2.75) is 215 Å². The van der Waals surface area contributed by atoms with E-state index < -0.39 is 96.1 Å². The first-order valence-electron chi connectivity index (χ1n) is 29.2. The number of nitrogens with zero attached hydrogens (tertiary/aromatic N) is 2. The van der Waals surface area contributed by atoms with E-state index in [1.807, 2.05) is 20.8 Å². The number of ether oxygens (including phenoxy) is 6. The molecule has 500 valence electrons. The van der Waals surface area contributed by atoms with Gasteiger partial charge in [-0.05, 0) is 80.1 Å². The number of hydrogen-bond acceptors (Lipinski definition) is 25. The number of carbonyl (C=O) groups is 6. The average molecular weight is 1350 g/mol. The molecule has 25 nitrogen and oxygen atoms in total. The Morgan fingerprint density at radius 3 is 1.47 bits per heavy atom. The number of nitrogens with one attached hydrogen (secondary N) is 3. The van der Waals surface area contributed by atoms with Crippen molar-refractivity contribution in [1.29, 1.82) is 0 Å². The molecule has 0 radical (unpaired) electrons. The topological polar surface area (TPSA) is 370 Å². The van der Waals surface area contributed by atoms with Crippen molar-refractivity contribution in [3.05, 3.63) is 22.8 Å². The Morgan fingerprint density at radius 1 is 0.586 bits per heavy atom. The smallest absolute Gasteiger partial charge is 0.305 e. The van der Waals surface area contributed by atoms with E-state index >= 15 is 0 Å². The number of nitrogens with two attached hydrogens (primary N) is 1. The van der Waals surface area contributed by atoms with Crippen LogP contribution >= 0.6 is 71.5 Å². The number of rotatable bonds is 41. The van der Waals surface area contributed by atoms with Gasteiger partial charge >= 0.3 is 5.97 Å². The quantitative estimate of drug-likeness (QED) is 0.0231. The van der Waals surface area contributed by atoms with Gasteiger partial charge in [0.1, 0.15) is 67.3 Å². The number of Topliss-reactive ketones (excluding diaryl/α,β-unsaturated/α-hetero) is 2. The van der Waals surface area contributed by atoms with Gasteiger partial charge in [0, 0.05) is 99.0 Å². The van der Waals surface area contributed by atoms with E-state index in [9.17, 15) is 54.3 Å². The number of hydrogen-bond donors (Lipinski definition) is 11. The number of amides is 3. The maximum Gasteiger partial charge on any atom is 0.305 e. The van der Waals surface area contributed by atoms with Crippen LogP contribution in [0.2, 0.25) is 0 Å². The van der Waals surface area contributed by atoms with Gasteiger partial charge in [-0.25, -0.2) is 13.1 Å². The monoisotopic (exact) mass is 1350 g/mol. The Morgan fingerprint density at radius 2 is 1.02 bits per heavy atom. The molecule has 2 aliphatic rings. The molecule has 0 bridgehead atoms. The molecular weight excluding hydrogens is 1250 g/mol. The van der Waals surface area contributed by atoms with Gasteiger partial charge in [-0.3, -0.25) is 38.5 Å². The summed E-state index contributed by atoms with van der Waals surface area (Å²) < 4.78 is 34.2. The molecular formula is C56H96N6O19S6. The molecule has 2 heterocycles. The zero-order valence-electron chi connectivity index (χ0n) is 51.0. The van der Waals surface area contributed by atoms with E-state index in [2.05, 4.69) is 25.6 Å². The van der Waals surface area contributed by atoms with Crippen LogP contribution in [0, 0.1) is 13.1 Å². The highest BCUT2D eigenvalue weighted by Crippen LogP contribution is 2.37. The number of thioether (sulfide) groups is 4. The largest absolute Gasteiger partial charge is 0.481 e. The van der Waals surface area contributed by atoms with Gasteiger partial charge in [0.05, 0.1) is 39.5 Å². The van der Waals surface area contributed by atoms with Crippen LogP contribution in [0.5, 0.6) is 0 Å². The van der Waals surface area contributed by atoms with Gasteiger partial charge in [-0.2, -0.15) is 0 Å². The summed E-state index contributed by atoms with van der Waals surface area (Å²) in [5, 5.41) is 75.0. The summed E-state index contributed by atoms with van der Waals surface area (Å²) in [6.45, 7) is 26.8. The molecule has 0 spiro atoms. The Labute approximate surface area is 540 Å². The Bertz CT molecular complexity index is 2120. The lowest BCUT2D eigenvalue weighted by Crippen LogP contribution is -2.64. The van der Waals surface area contributed by atoms with Crippen LogP contribution in [-0.2, 0) is 57.2 Å². The standard InChI is InChI=1S/C28H47N3O9S3.C15H23NO4S3.C13H26N2O6/c1-5-42-27(41)43-28(3,29-4)13-11-22(35)30-14-17-38-16-12-20(34)10-8-6-7-9-15-39-26-23(31-19(2)33)25(37)24(36)21(18-32)40-26;1-4-22-14(21)23-15(2,16-3)9-7-12(17)6-5-10-20-11-8-13(18)19;1-8(17)15-10-12(19)11(18)9(7-16)21-13(10)20-6-4-2-3-5-14/h21,23-26,32,36-37H,5-18H2,1-3H3,(H,30,35)(H,31,33);4-11H2,1-2H3,(H,18,19);9-13,16,18-19H,2-7,14H2,1H3,(H,15,17)/t21-,23+,24+,25-,26-,28?;;9-,10+,11+,12-,13-/m1.1/s1. The molecule has 87 heavy (non-hydrogen) atoms. The summed E-state index contributed by atoms with van der Waals surface area (Å²) in [5.74, 6) is 0.0962. The Kier molecular flexibility index (Phi) is 48.3. The zero-order valence-corrected chi connectivity index (χ0v) is 55.9. The molecule has 0 aromatic rings. The summed E-state index contributed by atoms with van der Waals surface area (Å²) in [5.41, 5.74) is 5.40. The number of unbranched alkanes of at least 4 members (excludes halogenated alkanes) is 5. The first kappa shape index (κ1) is 84.3. The number of thiocarbonyl (C=S) groups is 2. The van der Waals surface area contributed by atoms with Gasteiger partial charge in [0.25, 0.3) is 9.74 Å². The number of aliphatic carboxylic acids is 1. The average Bonchev–Trinajstić information content (AvgIpc) is 2.09. The van der Waals surface area contributed by atoms with Crippen LogP contribution < -0.4 is 21.7 Å². The lowest BCUT2D eigenvalue weighted by Gasteiger charge is -2.42. The predicted molar refractivity (Wildman–Crippen MR) is 345 cm³/mol. The van der Waals surface area contributed by atoms with Gasteiger partial charge in [-0.15, -0.1) is 23.5 Å². The molecule has 0 aromatic heterocycles. The molecule has 31 heteroatoms. The Balaban J connectivity index is 0.00000141. The van der Waals surface area contributed by atoms with Crippen molar-refractivity contribution >= 4 is 114 Å². The van der Waals surface area contributed by atoms with Gasteiger partial charge < -0.3 is 85.9 Å². The normalized spacial score (nSPS) is 22.8. The van der Waals surface area contributed by atoms with Crippen molar-refractivity contribution in [1.82, 2.24) is 16.0 Å². The van der Waals surface area contributed by atoms with Crippen molar-refractivity contribution in [3.63, 3.8) is 0 Å². The van der Waals surface area contributed by atoms with Crippen molar-refractivity contribution in [2.24, 2.45) is 5.73 Å². The first-order valence-corrected chi connectivity index (χ1v) is 33.6. The molecule has 0 aliphatic carbocycles. The molecule has 12 atom stereocenters. The number of carboxylic acid groups (broad SMARTS) is 1. The lowest BCUT2D eigenvalue weighted by molar-refractivity contribution is -0.270. The lowest BCUT2D eigenvalue weighted by atomic mass is 9.97. The maximum atomic E-state index is 12.1. The summed E-state index contributed by atoms with van der Waals surface area (Å²) in [7, 11) is 0. The fourth-order valence-electron chi connectivity index (χ4n) is 7.98. The fraction of sp³-hybridized carbons (Fsp3) is 0.821. The van der Waals surface area contributed by atoms with Crippen LogP contribution in [0.4, 0.5) is 0 Å². The van der Waals surface area contributed by atoms with Crippen LogP contribution in [-0.4, -0.2) is 227 Å². The third-order valence-corrected chi connectivity index (χ3v) is 18.1. The second-order valence-corrected chi connectivity index (χ2v) is 28.3. The zero-order chi connectivity index (χ0) is 65.8. The molecule has 2 unspecified atom stereocenters. The number of carboxylic acids is 1. The van der Waals surface area contributed by atoms with Crippen LogP contribution in [0.3, 0.4) is 0 Å². The van der Waals surface area contributed by atoms with Crippen molar-refractivity contribution in [3.8, 4) is 0 Å². The fourth-order valence-corrected chi connectivity index (χ4v) is 13.7.